The average Bonchev–Trinajstić information content (AvgIpc) is 3.02. The highest BCUT2D eigenvalue weighted by atomic mass is 19.1. The molecule has 3 aromatic rings. The summed E-state index contributed by atoms with van der Waals surface area (Å²) in [5, 5.41) is 8.75. The van der Waals surface area contributed by atoms with E-state index in [4.69, 9.17) is 4.74 Å². The Morgan fingerprint density at radius 2 is 2.00 bits per heavy atom. The zero-order chi connectivity index (χ0) is 19.5. The number of ether oxygens (including phenoxy) is 1. The third-order valence-corrected chi connectivity index (χ3v) is 5.04. The molecule has 0 radical (unpaired) electrons. The number of aromatic nitrogens is 3. The number of nitrogens with one attached hydrogen (secondary N) is 2. The molecule has 1 fully saturated rings. The predicted molar refractivity (Wildman–Crippen MR) is 105 cm³/mol. The third-order valence-electron chi connectivity index (χ3n) is 5.04. The molecule has 2 N–H and O–H groups in total. The minimum Gasteiger partial charge on any atom is -0.379 e. The van der Waals surface area contributed by atoms with Crippen molar-refractivity contribution >= 4 is 11.0 Å². The summed E-state index contributed by atoms with van der Waals surface area (Å²) in [6.45, 7) is 7.62. The van der Waals surface area contributed by atoms with Gasteiger partial charge in [0.05, 0.1) is 24.6 Å². The predicted octanol–water partition coefficient (Wildman–Crippen LogP) is 1.58. The Balaban J connectivity index is 1.49. The molecule has 7 nitrogen and oxygen atoms in total. The lowest BCUT2D eigenvalue weighted by Gasteiger charge is -2.26. The molecule has 148 valence electrons. The maximum absolute atomic E-state index is 13.2. The molecule has 0 atom stereocenters. The zero-order valence-electron chi connectivity index (χ0n) is 15.9. The van der Waals surface area contributed by atoms with Crippen LogP contribution in [0.1, 0.15) is 11.3 Å². The van der Waals surface area contributed by atoms with Gasteiger partial charge in [-0.3, -0.25) is 9.69 Å². The molecule has 3 heterocycles. The minimum atomic E-state index is -0.309. The number of benzene rings is 1. The van der Waals surface area contributed by atoms with Gasteiger partial charge in [0.1, 0.15) is 11.5 Å². The molecular formula is C20H24FN5O2. The maximum atomic E-state index is 13.2. The molecule has 2 aromatic heterocycles. The number of hydrogen-bond donors (Lipinski definition) is 2. The van der Waals surface area contributed by atoms with E-state index in [1.807, 2.05) is 13.0 Å². The number of nitrogens with zero attached hydrogens (tertiary/aromatic N) is 3. The number of fused-ring (bicyclic) bond motifs is 1. The molecule has 0 unspecified atom stereocenters. The summed E-state index contributed by atoms with van der Waals surface area (Å²) in [7, 11) is 0. The quantitative estimate of drug-likeness (QED) is 0.631. The van der Waals surface area contributed by atoms with Gasteiger partial charge < -0.3 is 15.0 Å². The molecule has 0 amide bonds. The molecule has 1 aliphatic rings. The summed E-state index contributed by atoms with van der Waals surface area (Å²) in [5.41, 5.74) is 2.66. The van der Waals surface area contributed by atoms with Crippen LogP contribution in [-0.4, -0.2) is 59.1 Å². The van der Waals surface area contributed by atoms with Crippen molar-refractivity contribution in [2.24, 2.45) is 0 Å². The van der Waals surface area contributed by atoms with Gasteiger partial charge in [-0.1, -0.05) is 0 Å². The van der Waals surface area contributed by atoms with Crippen LogP contribution < -0.4 is 10.9 Å². The van der Waals surface area contributed by atoms with Crippen LogP contribution in [0.4, 0.5) is 4.39 Å². The van der Waals surface area contributed by atoms with Gasteiger partial charge in [-0.25, -0.2) is 9.07 Å². The Bertz CT molecular complexity index is 1010. The SMILES string of the molecule is Cc1nn(-c2ccc(F)cc2)c2[nH]c(=O)c(CNCCN3CCOCC3)cc12. The second-order valence-electron chi connectivity index (χ2n) is 6.99. The van der Waals surface area contributed by atoms with Gasteiger partial charge in [-0.15, -0.1) is 0 Å². The van der Waals surface area contributed by atoms with Crippen molar-refractivity contribution in [1.29, 1.82) is 0 Å². The van der Waals surface area contributed by atoms with Gasteiger partial charge in [0.2, 0.25) is 0 Å². The number of rotatable bonds is 6. The van der Waals surface area contributed by atoms with Crippen molar-refractivity contribution in [3.63, 3.8) is 0 Å². The molecule has 8 heteroatoms. The first-order chi connectivity index (χ1) is 13.6. The fraction of sp³-hybridized carbons (Fsp3) is 0.400. The summed E-state index contributed by atoms with van der Waals surface area (Å²) >= 11 is 0. The Kier molecular flexibility index (Phi) is 5.52. The standard InChI is InChI=1S/C20H24FN5O2/c1-14-18-12-15(13-22-6-7-25-8-10-28-11-9-25)20(27)23-19(18)26(24-14)17-4-2-16(21)3-5-17/h2-5,12,22H,6-11,13H2,1H3,(H,23,27). The van der Waals surface area contributed by atoms with Crippen molar-refractivity contribution in [3.05, 3.63) is 57.8 Å². The summed E-state index contributed by atoms with van der Waals surface area (Å²) in [5.74, 6) is -0.309. The fourth-order valence-corrected chi connectivity index (χ4v) is 3.45. The van der Waals surface area contributed by atoms with Crippen molar-refractivity contribution in [3.8, 4) is 5.69 Å². The number of H-pyrrole nitrogens is 1. The summed E-state index contributed by atoms with van der Waals surface area (Å²) in [6.07, 6.45) is 0. The zero-order valence-corrected chi connectivity index (χ0v) is 15.9. The lowest BCUT2D eigenvalue weighted by atomic mass is 10.2. The van der Waals surface area contributed by atoms with Crippen molar-refractivity contribution in [2.75, 3.05) is 39.4 Å². The normalized spacial score (nSPS) is 15.4. The maximum Gasteiger partial charge on any atom is 0.254 e. The van der Waals surface area contributed by atoms with E-state index in [2.05, 4.69) is 20.3 Å². The van der Waals surface area contributed by atoms with Crippen molar-refractivity contribution in [2.45, 2.75) is 13.5 Å². The van der Waals surface area contributed by atoms with Gasteiger partial charge in [-0.2, -0.15) is 5.10 Å². The smallest absolute Gasteiger partial charge is 0.254 e. The summed E-state index contributed by atoms with van der Waals surface area (Å²) in [6, 6.07) is 7.92. The first-order valence-electron chi connectivity index (χ1n) is 9.50. The van der Waals surface area contributed by atoms with Crippen molar-refractivity contribution in [1.82, 2.24) is 25.0 Å². The van der Waals surface area contributed by atoms with E-state index in [0.29, 0.717) is 23.4 Å². The van der Waals surface area contributed by atoms with Gasteiger partial charge in [0.25, 0.3) is 5.56 Å². The number of aromatic amines is 1. The van der Waals surface area contributed by atoms with Crippen molar-refractivity contribution < 1.29 is 9.13 Å². The second-order valence-corrected chi connectivity index (χ2v) is 6.99. The highest BCUT2D eigenvalue weighted by Crippen LogP contribution is 2.20. The van der Waals surface area contributed by atoms with E-state index < -0.39 is 0 Å². The van der Waals surface area contributed by atoms with Crippen LogP contribution in [0.5, 0.6) is 0 Å². The molecule has 1 aliphatic heterocycles. The Morgan fingerprint density at radius 3 is 2.75 bits per heavy atom. The highest BCUT2D eigenvalue weighted by Gasteiger charge is 2.13. The molecule has 0 spiro atoms. The van der Waals surface area contributed by atoms with Gasteiger partial charge in [0, 0.05) is 43.7 Å². The van der Waals surface area contributed by atoms with E-state index in [9.17, 15) is 9.18 Å². The highest BCUT2D eigenvalue weighted by molar-refractivity contribution is 5.80. The number of hydrogen-bond acceptors (Lipinski definition) is 5. The van der Waals surface area contributed by atoms with Gasteiger partial charge in [-0.05, 0) is 37.3 Å². The van der Waals surface area contributed by atoms with E-state index >= 15 is 0 Å². The molecule has 0 saturated carbocycles. The average molecular weight is 385 g/mol. The Labute approximate surface area is 162 Å². The third kappa shape index (κ3) is 3.99. The van der Waals surface area contributed by atoms with Crippen LogP contribution in [0.3, 0.4) is 0 Å². The number of halogens is 1. The van der Waals surface area contributed by atoms with Crippen LogP contribution in [0.15, 0.2) is 35.1 Å². The lowest BCUT2D eigenvalue weighted by molar-refractivity contribution is 0.0384. The molecule has 0 bridgehead atoms. The number of aryl methyl sites for hydroxylation is 1. The summed E-state index contributed by atoms with van der Waals surface area (Å²) in [4.78, 5) is 17.8. The van der Waals surface area contributed by atoms with E-state index in [1.165, 1.54) is 12.1 Å². The number of morpholine rings is 1. The molecule has 1 saturated heterocycles. The summed E-state index contributed by atoms with van der Waals surface area (Å²) < 4.78 is 20.2. The first kappa shape index (κ1) is 18.8. The fourth-order valence-electron chi connectivity index (χ4n) is 3.45. The first-order valence-corrected chi connectivity index (χ1v) is 9.50. The van der Waals surface area contributed by atoms with Gasteiger partial charge in [0.15, 0.2) is 0 Å². The monoisotopic (exact) mass is 385 g/mol. The van der Waals surface area contributed by atoms with Crippen LogP contribution in [-0.2, 0) is 11.3 Å². The van der Waals surface area contributed by atoms with Crippen LogP contribution in [0.2, 0.25) is 0 Å². The topological polar surface area (TPSA) is 75.2 Å². The molecule has 28 heavy (non-hydrogen) atoms. The second kappa shape index (κ2) is 8.22. The van der Waals surface area contributed by atoms with E-state index in [-0.39, 0.29) is 11.4 Å². The molecule has 1 aromatic carbocycles. The van der Waals surface area contributed by atoms with E-state index in [0.717, 1.165) is 50.5 Å². The molecular weight excluding hydrogens is 361 g/mol. The van der Waals surface area contributed by atoms with E-state index in [1.54, 1.807) is 16.8 Å². The molecule has 0 aliphatic carbocycles. The largest absolute Gasteiger partial charge is 0.379 e. The van der Waals surface area contributed by atoms with Gasteiger partial charge >= 0.3 is 0 Å². The Hall–Kier alpha value is -2.55. The Morgan fingerprint density at radius 1 is 1.25 bits per heavy atom. The molecule has 4 rings (SSSR count). The van der Waals surface area contributed by atoms with Crippen LogP contribution in [0, 0.1) is 12.7 Å². The minimum absolute atomic E-state index is 0.144. The lowest BCUT2D eigenvalue weighted by Crippen LogP contribution is -2.40. The number of pyridine rings is 1. The van der Waals surface area contributed by atoms with Crippen LogP contribution in [0.25, 0.3) is 16.7 Å². The van der Waals surface area contributed by atoms with Crippen LogP contribution >= 0.6 is 0 Å².